The maximum absolute atomic E-state index is 13.4. The number of hydrogen-bond acceptors (Lipinski definition) is 2. The highest BCUT2D eigenvalue weighted by atomic mass is 16.2. The van der Waals surface area contributed by atoms with E-state index in [1.807, 2.05) is 46.6 Å². The second-order valence-electron chi connectivity index (χ2n) is 7.60. The summed E-state index contributed by atoms with van der Waals surface area (Å²) in [5.41, 5.74) is 2.24. The normalized spacial score (nSPS) is 15.0. The quantitative estimate of drug-likeness (QED) is 0.691. The number of unbranched alkanes of at least 4 members (excludes halogenated alkanes) is 1. The van der Waals surface area contributed by atoms with Crippen LogP contribution in [0.2, 0.25) is 0 Å². The van der Waals surface area contributed by atoms with Gasteiger partial charge < -0.3 is 14.5 Å². The molecule has 0 unspecified atom stereocenters. The van der Waals surface area contributed by atoms with Crippen LogP contribution in [0.4, 0.5) is 0 Å². The van der Waals surface area contributed by atoms with Crippen LogP contribution < -0.4 is 10.9 Å². The summed E-state index contributed by atoms with van der Waals surface area (Å²) in [5.74, 6) is -0.0865. The molecule has 27 heavy (non-hydrogen) atoms. The number of pyridine rings is 1. The minimum absolute atomic E-state index is 0.0145. The largest absolute Gasteiger partial charge is 0.352 e. The van der Waals surface area contributed by atoms with Crippen LogP contribution in [0, 0.1) is 0 Å². The molecule has 1 N–H and O–H groups in total. The van der Waals surface area contributed by atoms with Crippen LogP contribution >= 0.6 is 0 Å². The molecule has 1 saturated carbocycles. The lowest BCUT2D eigenvalue weighted by Crippen LogP contribution is -2.30. The zero-order valence-corrected chi connectivity index (χ0v) is 16.1. The Morgan fingerprint density at radius 1 is 1.22 bits per heavy atom. The molecule has 1 amide bonds. The molecule has 0 spiro atoms. The van der Waals surface area contributed by atoms with Gasteiger partial charge in [0.25, 0.3) is 11.5 Å². The fourth-order valence-electron chi connectivity index (χ4n) is 4.40. The molecular weight excluding hydrogens is 338 g/mol. The van der Waals surface area contributed by atoms with Gasteiger partial charge in [-0.25, -0.2) is 0 Å². The second kappa shape index (κ2) is 7.22. The number of para-hydroxylation sites is 1. The maximum Gasteiger partial charge on any atom is 0.275 e. The van der Waals surface area contributed by atoms with Crippen molar-refractivity contribution in [3.05, 3.63) is 46.4 Å². The maximum atomic E-state index is 13.4. The molecule has 0 saturated heterocycles. The van der Waals surface area contributed by atoms with E-state index in [1.54, 1.807) is 0 Å². The topological polar surface area (TPSA) is 56.0 Å². The summed E-state index contributed by atoms with van der Waals surface area (Å²) in [4.78, 5) is 26.4. The van der Waals surface area contributed by atoms with E-state index < -0.39 is 0 Å². The number of hydrogen-bond donors (Lipinski definition) is 1. The average molecular weight is 365 g/mol. The Balaban J connectivity index is 1.98. The molecule has 1 aromatic carbocycles. The highest BCUT2D eigenvalue weighted by Gasteiger charge is 2.25. The Morgan fingerprint density at radius 3 is 2.70 bits per heavy atom. The standard InChI is InChI=1S/C22H27N3O2/c1-3-4-13-23-21(26)17-14-25(15-9-5-6-10-15)22(27)20-19(17)16-11-7-8-12-18(16)24(20)2/h7-8,11-12,14-15H,3-6,9-10,13H2,1-2H3,(H,23,26). The van der Waals surface area contributed by atoms with Crippen LogP contribution in [0.1, 0.15) is 61.8 Å². The van der Waals surface area contributed by atoms with E-state index in [0.29, 0.717) is 17.6 Å². The first kappa shape index (κ1) is 17.8. The number of nitrogens with one attached hydrogen (secondary N) is 1. The lowest BCUT2D eigenvalue weighted by atomic mass is 10.1. The second-order valence-corrected chi connectivity index (χ2v) is 7.60. The zero-order chi connectivity index (χ0) is 19.0. The third-order valence-electron chi connectivity index (χ3n) is 5.86. The Kier molecular flexibility index (Phi) is 4.77. The van der Waals surface area contributed by atoms with Gasteiger partial charge in [0.2, 0.25) is 0 Å². The molecule has 2 aromatic heterocycles. The minimum atomic E-state index is -0.0865. The van der Waals surface area contributed by atoms with Crippen LogP contribution in [-0.4, -0.2) is 21.6 Å². The molecule has 4 rings (SSSR count). The first-order valence-electron chi connectivity index (χ1n) is 10.0. The van der Waals surface area contributed by atoms with E-state index in [4.69, 9.17) is 0 Å². The van der Waals surface area contributed by atoms with Crippen molar-refractivity contribution in [2.75, 3.05) is 6.54 Å². The third-order valence-corrected chi connectivity index (χ3v) is 5.86. The van der Waals surface area contributed by atoms with Crippen molar-refractivity contribution in [3.8, 4) is 0 Å². The summed E-state index contributed by atoms with van der Waals surface area (Å²) >= 11 is 0. The van der Waals surface area contributed by atoms with Gasteiger partial charge in [-0.2, -0.15) is 0 Å². The zero-order valence-electron chi connectivity index (χ0n) is 16.1. The van der Waals surface area contributed by atoms with E-state index in [1.165, 1.54) is 0 Å². The van der Waals surface area contributed by atoms with Gasteiger partial charge in [0.05, 0.1) is 5.56 Å². The summed E-state index contributed by atoms with van der Waals surface area (Å²) in [5, 5.41) is 4.78. The number of aryl methyl sites for hydroxylation is 1. The van der Waals surface area contributed by atoms with E-state index >= 15 is 0 Å². The van der Waals surface area contributed by atoms with Crippen molar-refractivity contribution in [2.45, 2.75) is 51.5 Å². The molecule has 3 aromatic rings. The highest BCUT2D eigenvalue weighted by Crippen LogP contribution is 2.32. The molecule has 1 aliphatic rings. The predicted octanol–water partition coefficient (Wildman–Crippen LogP) is 4.14. The molecule has 1 fully saturated rings. The van der Waals surface area contributed by atoms with Gasteiger partial charge >= 0.3 is 0 Å². The Bertz CT molecular complexity index is 1050. The molecule has 0 aliphatic heterocycles. The van der Waals surface area contributed by atoms with Crippen LogP contribution in [0.15, 0.2) is 35.3 Å². The minimum Gasteiger partial charge on any atom is -0.352 e. The number of aromatic nitrogens is 2. The molecule has 5 nitrogen and oxygen atoms in total. The summed E-state index contributed by atoms with van der Waals surface area (Å²) in [6.07, 6.45) is 8.09. The van der Waals surface area contributed by atoms with Gasteiger partial charge in [-0.05, 0) is 25.3 Å². The van der Waals surface area contributed by atoms with Gasteiger partial charge in [0.15, 0.2) is 0 Å². The molecule has 0 bridgehead atoms. The molecular formula is C22H27N3O2. The van der Waals surface area contributed by atoms with Crippen LogP contribution in [0.5, 0.6) is 0 Å². The Hall–Kier alpha value is -2.56. The molecule has 142 valence electrons. The first-order valence-corrected chi connectivity index (χ1v) is 10.0. The number of nitrogens with zero attached hydrogens (tertiary/aromatic N) is 2. The van der Waals surface area contributed by atoms with E-state index in [0.717, 1.165) is 54.8 Å². The van der Waals surface area contributed by atoms with Crippen LogP contribution in [-0.2, 0) is 7.05 Å². The molecule has 5 heteroatoms. The first-order chi connectivity index (χ1) is 13.1. The van der Waals surface area contributed by atoms with Gasteiger partial charge in [0.1, 0.15) is 5.52 Å². The van der Waals surface area contributed by atoms with E-state index in [9.17, 15) is 9.59 Å². The summed E-state index contributed by atoms with van der Waals surface area (Å²) < 4.78 is 3.77. The fourth-order valence-corrected chi connectivity index (χ4v) is 4.40. The molecule has 2 heterocycles. The van der Waals surface area contributed by atoms with Crippen molar-refractivity contribution in [2.24, 2.45) is 7.05 Å². The average Bonchev–Trinajstić information content (AvgIpc) is 3.30. The van der Waals surface area contributed by atoms with Crippen molar-refractivity contribution in [1.29, 1.82) is 0 Å². The number of amides is 1. The lowest BCUT2D eigenvalue weighted by Gasteiger charge is -2.16. The van der Waals surface area contributed by atoms with Crippen LogP contribution in [0.25, 0.3) is 21.8 Å². The fraction of sp³-hybridized carbons (Fsp3) is 0.455. The highest BCUT2D eigenvalue weighted by molar-refractivity contribution is 6.17. The van der Waals surface area contributed by atoms with Gasteiger partial charge in [0, 0.05) is 42.1 Å². The van der Waals surface area contributed by atoms with Gasteiger partial charge in [-0.3, -0.25) is 9.59 Å². The molecule has 0 atom stereocenters. The van der Waals surface area contributed by atoms with Crippen molar-refractivity contribution in [1.82, 2.24) is 14.5 Å². The summed E-state index contributed by atoms with van der Waals surface area (Å²) in [6, 6.07) is 8.13. The Labute approximate surface area is 159 Å². The van der Waals surface area contributed by atoms with E-state index in [2.05, 4.69) is 12.2 Å². The van der Waals surface area contributed by atoms with Gasteiger partial charge in [-0.15, -0.1) is 0 Å². The SMILES string of the molecule is CCCCNC(=O)c1cn(C2CCCC2)c(=O)c2c1c1ccccc1n2C. The predicted molar refractivity (Wildman–Crippen MR) is 109 cm³/mol. The number of carbonyl (C=O) groups is 1. The van der Waals surface area contributed by atoms with Gasteiger partial charge in [-0.1, -0.05) is 44.4 Å². The smallest absolute Gasteiger partial charge is 0.275 e. The Morgan fingerprint density at radius 2 is 1.96 bits per heavy atom. The van der Waals surface area contributed by atoms with E-state index in [-0.39, 0.29) is 17.5 Å². The van der Waals surface area contributed by atoms with Crippen molar-refractivity contribution >= 4 is 27.7 Å². The summed E-state index contributed by atoms with van der Waals surface area (Å²) in [7, 11) is 1.92. The number of carbonyl (C=O) groups excluding carboxylic acids is 1. The van der Waals surface area contributed by atoms with Crippen LogP contribution in [0.3, 0.4) is 0 Å². The summed E-state index contributed by atoms with van der Waals surface area (Å²) in [6.45, 7) is 2.76. The monoisotopic (exact) mass is 365 g/mol. The van der Waals surface area contributed by atoms with Crippen molar-refractivity contribution in [3.63, 3.8) is 0 Å². The third kappa shape index (κ3) is 2.95. The molecule has 1 aliphatic carbocycles. The number of rotatable bonds is 5. The number of benzene rings is 1. The lowest BCUT2D eigenvalue weighted by molar-refractivity contribution is 0.0954. The van der Waals surface area contributed by atoms with Crippen molar-refractivity contribution < 1.29 is 4.79 Å². The number of fused-ring (bicyclic) bond motifs is 3. The molecule has 0 radical (unpaired) electrons.